The largest absolute Gasteiger partial charge is 0.381 e. The molecule has 5 aromatic heterocycles. The van der Waals surface area contributed by atoms with E-state index >= 15 is 0 Å². The van der Waals surface area contributed by atoms with Crippen molar-refractivity contribution in [3.63, 3.8) is 0 Å². The Hall–Kier alpha value is -0.540. The molecule has 0 saturated carbocycles. The zero-order chi connectivity index (χ0) is 21.2. The fourth-order valence-electron chi connectivity index (χ4n) is 3.85. The molecule has 2 nitrogen and oxygen atoms in total. The van der Waals surface area contributed by atoms with E-state index in [9.17, 15) is 0 Å². The van der Waals surface area contributed by atoms with Crippen LogP contribution >= 0.6 is 56.7 Å². The van der Waals surface area contributed by atoms with Crippen LogP contribution in [-0.4, -0.2) is 26.4 Å². The van der Waals surface area contributed by atoms with Gasteiger partial charge in [0.2, 0.25) is 0 Å². The van der Waals surface area contributed by atoms with Crippen LogP contribution in [0.1, 0.15) is 49.3 Å². The van der Waals surface area contributed by atoms with Crippen molar-refractivity contribution >= 4 is 94.3 Å². The Labute approximate surface area is 203 Å². The summed E-state index contributed by atoms with van der Waals surface area (Å²) in [6.07, 6.45) is 6.73. The SMILES string of the molecule is CCCOCCCc1cc2sc3c(sc4c5sc(CCCOCCC)cc5sc43)c2s1. The summed E-state index contributed by atoms with van der Waals surface area (Å²) >= 11 is 10.0. The van der Waals surface area contributed by atoms with Crippen molar-refractivity contribution in [2.45, 2.75) is 52.4 Å². The molecule has 0 aliphatic heterocycles. The lowest BCUT2D eigenvalue weighted by molar-refractivity contribution is 0.132. The van der Waals surface area contributed by atoms with Crippen LogP contribution in [0.5, 0.6) is 0 Å². The lowest BCUT2D eigenvalue weighted by atomic mass is 10.3. The van der Waals surface area contributed by atoms with Gasteiger partial charge < -0.3 is 9.47 Å². The monoisotopic (exact) mass is 508 g/mol. The van der Waals surface area contributed by atoms with Gasteiger partial charge in [-0.2, -0.15) is 0 Å². The number of fused-ring (bicyclic) bond motifs is 7. The number of rotatable bonds is 12. The summed E-state index contributed by atoms with van der Waals surface area (Å²) in [5.41, 5.74) is 0. The van der Waals surface area contributed by atoms with Gasteiger partial charge in [0.15, 0.2) is 0 Å². The molecule has 0 radical (unpaired) electrons. The highest BCUT2D eigenvalue weighted by Gasteiger charge is 2.19. The maximum atomic E-state index is 5.65. The molecule has 0 unspecified atom stereocenters. The molecule has 5 aromatic rings. The summed E-state index contributed by atoms with van der Waals surface area (Å²) in [5.74, 6) is 0. The van der Waals surface area contributed by atoms with Crippen molar-refractivity contribution in [1.29, 1.82) is 0 Å². The van der Waals surface area contributed by atoms with Crippen LogP contribution < -0.4 is 0 Å². The zero-order valence-electron chi connectivity index (χ0n) is 18.1. The van der Waals surface area contributed by atoms with Crippen LogP contribution in [0.3, 0.4) is 0 Å². The lowest BCUT2D eigenvalue weighted by Crippen LogP contribution is -1.96. The van der Waals surface area contributed by atoms with Crippen LogP contribution in [0.25, 0.3) is 37.6 Å². The highest BCUT2D eigenvalue weighted by molar-refractivity contribution is 7.48. The van der Waals surface area contributed by atoms with Crippen molar-refractivity contribution in [3.8, 4) is 0 Å². The highest BCUT2D eigenvalue weighted by Crippen LogP contribution is 2.53. The summed E-state index contributed by atoms with van der Waals surface area (Å²) in [6.45, 7) is 7.87. The second-order valence-electron chi connectivity index (χ2n) is 7.87. The number of hydrogen-bond acceptors (Lipinski definition) is 7. The van der Waals surface area contributed by atoms with E-state index in [1.54, 1.807) is 0 Å². The van der Waals surface area contributed by atoms with Gasteiger partial charge in [-0.25, -0.2) is 0 Å². The maximum Gasteiger partial charge on any atom is 0.0651 e. The molecule has 5 heterocycles. The zero-order valence-corrected chi connectivity index (χ0v) is 22.2. The molecule has 0 spiro atoms. The molecule has 0 saturated heterocycles. The predicted molar refractivity (Wildman–Crippen MR) is 145 cm³/mol. The Balaban J connectivity index is 1.34. The van der Waals surface area contributed by atoms with Gasteiger partial charge in [0, 0.05) is 45.6 Å². The van der Waals surface area contributed by atoms with E-state index in [0.717, 1.165) is 65.0 Å². The minimum absolute atomic E-state index is 0.882. The highest BCUT2D eigenvalue weighted by atomic mass is 32.1. The molecule has 0 aliphatic rings. The third kappa shape index (κ3) is 4.60. The molecule has 0 aromatic carbocycles. The first-order chi connectivity index (χ1) is 15.3. The van der Waals surface area contributed by atoms with Gasteiger partial charge in [0.1, 0.15) is 0 Å². The second kappa shape index (κ2) is 10.2. The fourth-order valence-corrected chi connectivity index (χ4v) is 11.2. The lowest BCUT2D eigenvalue weighted by Gasteiger charge is -2.00. The molecule has 7 heteroatoms. The van der Waals surface area contributed by atoms with E-state index < -0.39 is 0 Å². The van der Waals surface area contributed by atoms with Gasteiger partial charge >= 0.3 is 0 Å². The number of ether oxygens (including phenoxy) is 2. The van der Waals surface area contributed by atoms with E-state index in [0.29, 0.717) is 0 Å². The number of hydrogen-bond donors (Lipinski definition) is 0. The first-order valence-corrected chi connectivity index (χ1v) is 15.3. The summed E-state index contributed by atoms with van der Waals surface area (Å²) in [7, 11) is 0. The Morgan fingerprint density at radius 2 is 1.00 bits per heavy atom. The van der Waals surface area contributed by atoms with Gasteiger partial charge in [0.05, 0.1) is 28.2 Å². The van der Waals surface area contributed by atoms with Crippen molar-refractivity contribution in [1.82, 2.24) is 0 Å². The molecular weight excluding hydrogens is 481 g/mol. The second-order valence-corrected chi connectivity index (χ2v) is 13.3. The molecule has 0 amide bonds. The van der Waals surface area contributed by atoms with E-state index in [4.69, 9.17) is 9.47 Å². The van der Waals surface area contributed by atoms with Gasteiger partial charge in [-0.1, -0.05) is 13.8 Å². The first kappa shape index (κ1) is 22.3. The third-order valence-electron chi connectivity index (χ3n) is 5.28. The predicted octanol–water partition coefficient (Wildman–Crippen LogP) is 9.33. The Morgan fingerprint density at radius 1 is 0.548 bits per heavy atom. The van der Waals surface area contributed by atoms with Crippen molar-refractivity contribution in [2.75, 3.05) is 26.4 Å². The molecule has 31 heavy (non-hydrogen) atoms. The Kier molecular flexibility index (Phi) is 7.30. The number of aryl methyl sites for hydroxylation is 2. The standard InChI is InChI=1S/C24H28O2S5/c1-3-9-25-11-5-7-15-13-17-19(27-15)21-23(29-17)24-22(31-21)20-18(30-24)14-16(28-20)8-6-12-26-10-4-2/h13-14H,3-12H2,1-2H3. The van der Waals surface area contributed by atoms with Crippen molar-refractivity contribution in [3.05, 3.63) is 21.9 Å². The van der Waals surface area contributed by atoms with Gasteiger partial charge in [-0.3, -0.25) is 0 Å². The number of thiophene rings is 5. The average molecular weight is 509 g/mol. The molecule has 5 rings (SSSR count). The molecule has 0 aliphatic carbocycles. The van der Waals surface area contributed by atoms with Crippen molar-refractivity contribution < 1.29 is 9.47 Å². The van der Waals surface area contributed by atoms with E-state index in [-0.39, 0.29) is 0 Å². The molecular formula is C24H28O2S5. The molecule has 166 valence electrons. The van der Waals surface area contributed by atoms with E-state index in [1.165, 1.54) is 47.4 Å². The quantitative estimate of drug-likeness (QED) is 0.156. The Bertz CT molecular complexity index is 1180. The maximum absolute atomic E-state index is 5.65. The summed E-state index contributed by atoms with van der Waals surface area (Å²) in [6, 6.07) is 4.86. The normalized spacial score (nSPS) is 12.5. The molecule has 0 atom stereocenters. The molecule has 0 N–H and O–H groups in total. The van der Waals surface area contributed by atoms with E-state index in [2.05, 4.69) is 26.0 Å². The van der Waals surface area contributed by atoms with Gasteiger partial charge in [-0.15, -0.1) is 56.7 Å². The van der Waals surface area contributed by atoms with Crippen LogP contribution in [0.2, 0.25) is 0 Å². The fraction of sp³-hybridized carbons (Fsp3) is 0.500. The average Bonchev–Trinajstić information content (AvgIpc) is 3.52. The minimum atomic E-state index is 0.882. The van der Waals surface area contributed by atoms with Crippen LogP contribution in [0.15, 0.2) is 12.1 Å². The topological polar surface area (TPSA) is 18.5 Å². The Morgan fingerprint density at radius 3 is 1.45 bits per heavy atom. The smallest absolute Gasteiger partial charge is 0.0651 e. The van der Waals surface area contributed by atoms with Crippen molar-refractivity contribution in [2.24, 2.45) is 0 Å². The molecule has 0 bridgehead atoms. The van der Waals surface area contributed by atoms with Crippen LogP contribution in [0.4, 0.5) is 0 Å². The van der Waals surface area contributed by atoms with Gasteiger partial charge in [0.25, 0.3) is 0 Å². The summed E-state index contributed by atoms with van der Waals surface area (Å²) in [5, 5.41) is 0. The minimum Gasteiger partial charge on any atom is -0.381 e. The van der Waals surface area contributed by atoms with Crippen LogP contribution in [-0.2, 0) is 22.3 Å². The van der Waals surface area contributed by atoms with Gasteiger partial charge in [-0.05, 0) is 50.7 Å². The van der Waals surface area contributed by atoms with Crippen LogP contribution in [0, 0.1) is 0 Å². The van der Waals surface area contributed by atoms with E-state index in [1.807, 2.05) is 56.7 Å². The summed E-state index contributed by atoms with van der Waals surface area (Å²) in [4.78, 5) is 3.02. The molecule has 0 fully saturated rings. The first-order valence-electron chi connectivity index (χ1n) is 11.2. The summed E-state index contributed by atoms with van der Waals surface area (Å²) < 4.78 is 23.3. The third-order valence-corrected chi connectivity index (χ3v) is 12.1.